The molecule has 276 valence electrons. The molecule has 0 aliphatic carbocycles. The molecular formula is C36H37NO15. The molecule has 0 radical (unpaired) electrons. The van der Waals surface area contributed by atoms with Gasteiger partial charge in [-0.2, -0.15) is 4.89 Å². The van der Waals surface area contributed by atoms with Crippen molar-refractivity contribution in [2.24, 2.45) is 5.73 Å². The molecule has 3 aromatic rings. The van der Waals surface area contributed by atoms with Gasteiger partial charge in [0, 0.05) is 35.2 Å². The molecule has 8 rings (SSSR count). The average Bonchev–Trinajstić information content (AvgIpc) is 3.73. The third-order valence-electron chi connectivity index (χ3n) is 10.1. The van der Waals surface area contributed by atoms with Crippen LogP contribution in [0.3, 0.4) is 0 Å². The molecule has 0 aromatic heterocycles. The number of aliphatic hydroxyl groups excluding tert-OH is 2. The van der Waals surface area contributed by atoms with E-state index in [0.717, 1.165) is 11.1 Å². The molecule has 0 saturated carbocycles. The number of esters is 1. The predicted molar refractivity (Wildman–Crippen MR) is 173 cm³/mol. The van der Waals surface area contributed by atoms with Gasteiger partial charge >= 0.3 is 11.9 Å². The number of carbonyl (C=O) groups excluding carboxylic acids is 1. The molecule has 8 atom stereocenters. The Balaban J connectivity index is 1.15. The van der Waals surface area contributed by atoms with Crippen molar-refractivity contribution in [3.63, 3.8) is 0 Å². The highest BCUT2D eigenvalue weighted by atomic mass is 17.2. The second-order valence-electron chi connectivity index (χ2n) is 13.3. The molecule has 1 spiro atoms. The summed E-state index contributed by atoms with van der Waals surface area (Å²) in [5, 5.41) is 42.5. The third-order valence-corrected chi connectivity index (χ3v) is 10.1. The fraction of sp³-hybridized carbons (Fsp3) is 0.444. The minimum absolute atomic E-state index is 0.00161. The molecule has 6 N–H and O–H groups in total. The zero-order valence-electron chi connectivity index (χ0n) is 27.7. The highest BCUT2D eigenvalue weighted by Gasteiger charge is 2.60. The summed E-state index contributed by atoms with van der Waals surface area (Å²) in [6, 6.07) is 14.1. The standard InChI is InChI=1S/C36H37NO15/c37-6-7-44-35-36(34(43)32(42)29(50-35)15-46-31(41)13-30(39)40)5-4-19(17-2-1-3-18(38)8-17)20-9-24-22(11-26(20)51-52-36)33-23(14-45-24)21-10-27-28(48-16-47-27)12-25(21)49-33/h1-3,8-12,19,23,29,32-35,38,42-43H,4-7,13-16,37H2,(H,39,40)/t19-,23+,29+,32+,33+,34-,35+,36+/m0/s1. The fourth-order valence-corrected chi connectivity index (χ4v) is 7.59. The first-order valence-electron chi connectivity index (χ1n) is 16.9. The molecule has 52 heavy (non-hydrogen) atoms. The SMILES string of the molecule is NCCO[C@@H]1O[C@H](COC(=O)CC(=O)O)[C@@H](O)[C@H](O)[C@]12CC[C@@H](c1cccc(O)c1)c1cc3c(cc1OO2)[C@H]1Oc2cc4c(cc2[C@H]1CO3)OCO4. The average molecular weight is 724 g/mol. The summed E-state index contributed by atoms with van der Waals surface area (Å²) >= 11 is 0. The molecule has 5 aliphatic rings. The van der Waals surface area contributed by atoms with E-state index in [1.54, 1.807) is 24.3 Å². The largest absolute Gasteiger partial charge is 0.508 e. The van der Waals surface area contributed by atoms with Gasteiger partial charge in [-0.3, -0.25) is 9.59 Å². The maximum absolute atomic E-state index is 12.0. The lowest BCUT2D eigenvalue weighted by molar-refractivity contribution is -0.422. The molecule has 5 aliphatic heterocycles. The third kappa shape index (κ3) is 6.00. The number of rotatable bonds is 8. The first-order chi connectivity index (χ1) is 25.1. The lowest BCUT2D eigenvalue weighted by atomic mass is 9.77. The van der Waals surface area contributed by atoms with Gasteiger partial charge in [0.2, 0.25) is 6.79 Å². The van der Waals surface area contributed by atoms with Crippen molar-refractivity contribution >= 4 is 11.9 Å². The van der Waals surface area contributed by atoms with Crippen LogP contribution in [-0.4, -0.2) is 95.7 Å². The van der Waals surface area contributed by atoms with E-state index >= 15 is 0 Å². The number of hydrogen-bond acceptors (Lipinski definition) is 15. The number of phenolic OH excluding ortho intramolecular Hbond substituents is 1. The number of benzene rings is 3. The lowest BCUT2D eigenvalue weighted by Gasteiger charge is -2.50. The van der Waals surface area contributed by atoms with Crippen LogP contribution >= 0.6 is 0 Å². The number of aliphatic carboxylic acids is 1. The zero-order valence-corrected chi connectivity index (χ0v) is 27.7. The van der Waals surface area contributed by atoms with Crippen LogP contribution in [0.1, 0.15) is 59.5 Å². The molecule has 16 heteroatoms. The number of carbonyl (C=O) groups is 2. The van der Waals surface area contributed by atoms with Crippen molar-refractivity contribution in [2.45, 2.75) is 67.4 Å². The van der Waals surface area contributed by atoms with Gasteiger partial charge < -0.3 is 64.2 Å². The molecule has 1 fully saturated rings. The molecular weight excluding hydrogens is 686 g/mol. The number of aliphatic hydroxyl groups is 2. The van der Waals surface area contributed by atoms with E-state index in [1.165, 1.54) is 0 Å². The summed E-state index contributed by atoms with van der Waals surface area (Å²) in [5.41, 5.74) is 6.90. The van der Waals surface area contributed by atoms with E-state index < -0.39 is 67.2 Å². The summed E-state index contributed by atoms with van der Waals surface area (Å²) in [5.74, 6) is -0.312. The van der Waals surface area contributed by atoms with Crippen LogP contribution in [0.5, 0.6) is 34.5 Å². The van der Waals surface area contributed by atoms with Crippen molar-refractivity contribution in [2.75, 3.05) is 33.2 Å². The Bertz CT molecular complexity index is 1870. The van der Waals surface area contributed by atoms with Crippen molar-refractivity contribution in [3.8, 4) is 34.5 Å². The van der Waals surface area contributed by atoms with E-state index in [1.807, 2.05) is 24.3 Å². The van der Waals surface area contributed by atoms with Crippen molar-refractivity contribution in [3.05, 3.63) is 70.8 Å². The van der Waals surface area contributed by atoms with E-state index in [0.29, 0.717) is 40.7 Å². The molecule has 3 aromatic carbocycles. The van der Waals surface area contributed by atoms with Crippen LogP contribution in [0.2, 0.25) is 0 Å². The van der Waals surface area contributed by atoms with Crippen LogP contribution in [0.4, 0.5) is 0 Å². The fourth-order valence-electron chi connectivity index (χ4n) is 7.59. The summed E-state index contributed by atoms with van der Waals surface area (Å²) in [4.78, 5) is 35.2. The Morgan fingerprint density at radius 2 is 1.73 bits per heavy atom. The minimum atomic E-state index is -1.85. The van der Waals surface area contributed by atoms with Gasteiger partial charge in [0.05, 0.1) is 19.1 Å². The number of fused-ring (bicyclic) bond motifs is 7. The topological polar surface area (TPSA) is 224 Å². The number of carboxylic acid groups (broad SMARTS) is 1. The van der Waals surface area contributed by atoms with Crippen LogP contribution in [0.15, 0.2) is 48.5 Å². The van der Waals surface area contributed by atoms with E-state index in [2.05, 4.69) is 0 Å². The normalized spacial score (nSPS) is 29.6. The van der Waals surface area contributed by atoms with Gasteiger partial charge in [-0.1, -0.05) is 12.1 Å². The van der Waals surface area contributed by atoms with Gasteiger partial charge in [0.25, 0.3) is 0 Å². The smallest absolute Gasteiger partial charge is 0.317 e. The molecule has 0 bridgehead atoms. The summed E-state index contributed by atoms with van der Waals surface area (Å²) in [6.45, 7) is -0.0683. The Morgan fingerprint density at radius 3 is 2.52 bits per heavy atom. The van der Waals surface area contributed by atoms with Gasteiger partial charge in [-0.25, -0.2) is 0 Å². The highest BCUT2D eigenvalue weighted by molar-refractivity contribution is 5.90. The molecule has 1 saturated heterocycles. The first kappa shape index (κ1) is 34.3. The van der Waals surface area contributed by atoms with Gasteiger partial charge in [0.15, 0.2) is 29.1 Å². The van der Waals surface area contributed by atoms with Crippen molar-refractivity contribution < 1.29 is 72.9 Å². The second-order valence-corrected chi connectivity index (χ2v) is 13.3. The molecule has 0 unspecified atom stereocenters. The zero-order chi connectivity index (χ0) is 36.1. The van der Waals surface area contributed by atoms with Crippen LogP contribution in [-0.2, 0) is 28.7 Å². The Hall–Kier alpha value is -4.84. The summed E-state index contributed by atoms with van der Waals surface area (Å²) < 4.78 is 41.0. The first-order valence-corrected chi connectivity index (χ1v) is 16.9. The quantitative estimate of drug-likeness (QED) is 0.128. The van der Waals surface area contributed by atoms with E-state index in [4.69, 9.17) is 53.8 Å². The predicted octanol–water partition coefficient (Wildman–Crippen LogP) is 2.15. The molecule has 0 amide bonds. The summed E-state index contributed by atoms with van der Waals surface area (Å²) in [7, 11) is 0. The highest BCUT2D eigenvalue weighted by Crippen LogP contribution is 2.56. The molecule has 16 nitrogen and oxygen atoms in total. The van der Waals surface area contributed by atoms with E-state index in [-0.39, 0.29) is 50.2 Å². The minimum Gasteiger partial charge on any atom is -0.508 e. The maximum Gasteiger partial charge on any atom is 0.317 e. The molecule has 5 heterocycles. The second kappa shape index (κ2) is 13.6. The Labute approximate surface area is 296 Å². The van der Waals surface area contributed by atoms with Crippen molar-refractivity contribution in [1.29, 1.82) is 0 Å². The van der Waals surface area contributed by atoms with Crippen LogP contribution in [0, 0.1) is 0 Å². The van der Waals surface area contributed by atoms with Crippen molar-refractivity contribution in [1.82, 2.24) is 0 Å². The van der Waals surface area contributed by atoms with Crippen LogP contribution in [0.25, 0.3) is 0 Å². The number of ether oxygens (including phenoxy) is 7. The van der Waals surface area contributed by atoms with E-state index in [9.17, 15) is 24.9 Å². The van der Waals surface area contributed by atoms with Crippen LogP contribution < -0.4 is 29.6 Å². The Morgan fingerprint density at radius 1 is 0.942 bits per heavy atom. The Kier molecular flexibility index (Phi) is 8.97. The van der Waals surface area contributed by atoms with Gasteiger partial charge in [-0.15, -0.1) is 0 Å². The number of hydrogen-bond donors (Lipinski definition) is 5. The number of aromatic hydroxyl groups is 1. The monoisotopic (exact) mass is 723 g/mol. The number of phenols is 1. The number of nitrogens with two attached hydrogens (primary N) is 1. The number of carboxylic acids is 1. The maximum atomic E-state index is 12.0. The van der Waals surface area contributed by atoms with Gasteiger partial charge in [-0.05, 0) is 48.7 Å². The lowest BCUT2D eigenvalue weighted by Crippen LogP contribution is -2.69. The van der Waals surface area contributed by atoms with Gasteiger partial charge in [0.1, 0.15) is 54.7 Å². The summed E-state index contributed by atoms with van der Waals surface area (Å²) in [6.07, 6.45) is -7.19.